The third-order valence-corrected chi connectivity index (χ3v) is 3.09. The highest BCUT2D eigenvalue weighted by molar-refractivity contribution is 5.33. The van der Waals surface area contributed by atoms with Crippen LogP contribution < -0.4 is 4.40 Å². The van der Waals surface area contributed by atoms with Crippen LogP contribution in [0.4, 0.5) is 0 Å². The zero-order valence-corrected chi connectivity index (χ0v) is 10.4. The van der Waals surface area contributed by atoms with Crippen LogP contribution in [0.3, 0.4) is 0 Å². The molecule has 0 aromatic carbocycles. The van der Waals surface area contributed by atoms with Gasteiger partial charge in [-0.1, -0.05) is 0 Å². The van der Waals surface area contributed by atoms with Gasteiger partial charge in [0.25, 0.3) is 0 Å². The standard InChI is InChI=1S/C12H14N5/c1-7-6-13-11-15-17-9(3)5-8(2)14-12(17)16(11)10(7)4/h5-6H,1-4H3/q+1. The molecule has 0 aliphatic heterocycles. The van der Waals surface area contributed by atoms with Crippen molar-refractivity contribution in [2.45, 2.75) is 27.7 Å². The van der Waals surface area contributed by atoms with Crippen LogP contribution in [0.2, 0.25) is 0 Å². The van der Waals surface area contributed by atoms with E-state index in [1.807, 2.05) is 42.0 Å². The van der Waals surface area contributed by atoms with E-state index in [2.05, 4.69) is 22.0 Å². The molecule has 0 fully saturated rings. The average Bonchev–Trinajstić information content (AvgIpc) is 2.63. The molecule has 0 spiro atoms. The van der Waals surface area contributed by atoms with E-state index >= 15 is 0 Å². The van der Waals surface area contributed by atoms with Gasteiger partial charge in [-0.25, -0.2) is 0 Å². The van der Waals surface area contributed by atoms with Gasteiger partial charge in [0.05, 0.1) is 23.3 Å². The van der Waals surface area contributed by atoms with Crippen molar-refractivity contribution < 1.29 is 4.40 Å². The second kappa shape index (κ2) is 3.23. The van der Waals surface area contributed by atoms with Gasteiger partial charge < -0.3 is 0 Å². The summed E-state index contributed by atoms with van der Waals surface area (Å²) in [7, 11) is 0. The largest absolute Gasteiger partial charge is 0.388 e. The Bertz CT molecular complexity index is 742. The number of hydrogen-bond donors (Lipinski definition) is 0. The maximum absolute atomic E-state index is 4.55. The Balaban J connectivity index is 2.62. The molecular weight excluding hydrogens is 214 g/mol. The number of nitrogens with zero attached hydrogens (tertiary/aromatic N) is 5. The summed E-state index contributed by atoms with van der Waals surface area (Å²) in [6.45, 7) is 8.12. The molecule has 17 heavy (non-hydrogen) atoms. The minimum atomic E-state index is 0.689. The summed E-state index contributed by atoms with van der Waals surface area (Å²) in [5, 5.41) is 4.46. The van der Waals surface area contributed by atoms with Crippen LogP contribution in [0.5, 0.6) is 0 Å². The highest BCUT2D eigenvalue weighted by Crippen LogP contribution is 2.07. The normalized spacial score (nSPS) is 11.5. The van der Waals surface area contributed by atoms with Crippen LogP contribution in [0, 0.1) is 27.7 Å². The molecule has 0 amide bonds. The Hall–Kier alpha value is -2.04. The van der Waals surface area contributed by atoms with Crippen molar-refractivity contribution in [3.8, 4) is 0 Å². The first-order valence-electron chi connectivity index (χ1n) is 5.59. The first-order chi connectivity index (χ1) is 8.08. The van der Waals surface area contributed by atoms with Gasteiger partial charge in [0, 0.05) is 16.7 Å². The van der Waals surface area contributed by atoms with Crippen LogP contribution in [0.25, 0.3) is 11.6 Å². The lowest BCUT2D eigenvalue weighted by Crippen LogP contribution is -2.28. The zero-order chi connectivity index (χ0) is 12.2. The number of fused-ring (bicyclic) bond motifs is 3. The molecule has 3 aromatic heterocycles. The molecule has 3 heterocycles. The van der Waals surface area contributed by atoms with E-state index in [4.69, 9.17) is 0 Å². The molecule has 3 rings (SSSR count). The molecule has 5 heteroatoms. The number of rotatable bonds is 0. The van der Waals surface area contributed by atoms with Gasteiger partial charge >= 0.3 is 11.6 Å². The quantitative estimate of drug-likeness (QED) is 0.541. The first kappa shape index (κ1) is 10.1. The molecule has 0 saturated carbocycles. The summed E-state index contributed by atoms with van der Waals surface area (Å²) in [5.41, 5.74) is 4.32. The summed E-state index contributed by atoms with van der Waals surface area (Å²) >= 11 is 0. The van der Waals surface area contributed by atoms with E-state index in [-0.39, 0.29) is 0 Å². The van der Waals surface area contributed by atoms with Crippen LogP contribution in [-0.4, -0.2) is 19.6 Å². The van der Waals surface area contributed by atoms with Crippen molar-refractivity contribution in [1.82, 2.24) is 19.6 Å². The Morgan fingerprint density at radius 3 is 2.71 bits per heavy atom. The molecule has 5 nitrogen and oxygen atoms in total. The van der Waals surface area contributed by atoms with Crippen molar-refractivity contribution >= 4 is 11.6 Å². The van der Waals surface area contributed by atoms with Gasteiger partial charge in [-0.15, -0.1) is 14.5 Å². The molecule has 0 unspecified atom stereocenters. The lowest BCUT2D eigenvalue weighted by molar-refractivity contribution is -0.497. The average molecular weight is 228 g/mol. The number of aryl methyl sites for hydroxylation is 4. The molecule has 0 radical (unpaired) electrons. The van der Waals surface area contributed by atoms with Gasteiger partial charge in [0.15, 0.2) is 0 Å². The maximum Gasteiger partial charge on any atom is 0.388 e. The van der Waals surface area contributed by atoms with Gasteiger partial charge in [0.2, 0.25) is 0 Å². The Morgan fingerprint density at radius 2 is 1.94 bits per heavy atom. The number of hydrogen-bond acceptors (Lipinski definition) is 3. The molecule has 0 atom stereocenters. The predicted molar refractivity (Wildman–Crippen MR) is 62.9 cm³/mol. The topological polar surface area (TPSA) is 47.2 Å². The summed E-state index contributed by atoms with van der Waals surface area (Å²) in [5.74, 6) is 1.51. The van der Waals surface area contributed by atoms with Crippen LogP contribution in [0.1, 0.15) is 22.6 Å². The van der Waals surface area contributed by atoms with E-state index in [0.717, 1.165) is 28.4 Å². The fourth-order valence-corrected chi connectivity index (χ4v) is 2.06. The van der Waals surface area contributed by atoms with E-state index in [1.54, 1.807) is 0 Å². The SMILES string of the molecule is Cc1cc(C)n2nc3ncc(C)c(C)[n+]3c2n1. The van der Waals surface area contributed by atoms with Crippen molar-refractivity contribution in [3.05, 3.63) is 34.9 Å². The highest BCUT2D eigenvalue weighted by atomic mass is 15.4. The summed E-state index contributed by atoms with van der Waals surface area (Å²) < 4.78 is 3.83. The molecule has 3 aromatic rings. The van der Waals surface area contributed by atoms with Crippen LogP contribution in [0.15, 0.2) is 12.3 Å². The molecular formula is C12H14N5+. The minimum Gasteiger partial charge on any atom is -0.178 e. The zero-order valence-electron chi connectivity index (χ0n) is 10.4. The Labute approximate surface area is 98.8 Å². The molecule has 0 bridgehead atoms. The van der Waals surface area contributed by atoms with E-state index in [1.165, 1.54) is 0 Å². The summed E-state index contributed by atoms with van der Waals surface area (Å²) in [6.07, 6.45) is 1.85. The lowest BCUT2D eigenvalue weighted by Gasteiger charge is -1.97. The third-order valence-electron chi connectivity index (χ3n) is 3.09. The fraction of sp³-hybridized carbons (Fsp3) is 0.333. The van der Waals surface area contributed by atoms with Crippen molar-refractivity contribution in [1.29, 1.82) is 0 Å². The Kier molecular flexibility index (Phi) is 1.92. The predicted octanol–water partition coefficient (Wildman–Crippen LogP) is 1.10. The van der Waals surface area contributed by atoms with Crippen molar-refractivity contribution in [2.24, 2.45) is 0 Å². The molecule has 0 aliphatic carbocycles. The van der Waals surface area contributed by atoms with Gasteiger partial charge in [-0.05, 0) is 27.7 Å². The van der Waals surface area contributed by atoms with E-state index < -0.39 is 0 Å². The van der Waals surface area contributed by atoms with Gasteiger partial charge in [-0.3, -0.25) is 0 Å². The molecule has 0 N–H and O–H groups in total. The van der Waals surface area contributed by atoms with Crippen molar-refractivity contribution in [3.63, 3.8) is 0 Å². The third kappa shape index (κ3) is 1.32. The van der Waals surface area contributed by atoms with E-state index in [0.29, 0.717) is 5.78 Å². The smallest absolute Gasteiger partial charge is 0.178 e. The summed E-state index contributed by atoms with van der Waals surface area (Å²) in [6, 6.07) is 2.02. The maximum atomic E-state index is 4.55. The van der Waals surface area contributed by atoms with Gasteiger partial charge in [-0.2, -0.15) is 4.40 Å². The molecule has 0 aliphatic rings. The fourth-order valence-electron chi connectivity index (χ4n) is 2.06. The Morgan fingerprint density at radius 1 is 1.18 bits per heavy atom. The van der Waals surface area contributed by atoms with Crippen LogP contribution in [-0.2, 0) is 0 Å². The highest BCUT2D eigenvalue weighted by Gasteiger charge is 2.19. The molecule has 86 valence electrons. The first-order valence-corrected chi connectivity index (χ1v) is 5.59. The second-order valence-corrected chi connectivity index (χ2v) is 4.41. The minimum absolute atomic E-state index is 0.689. The lowest BCUT2D eigenvalue weighted by atomic mass is 10.3. The van der Waals surface area contributed by atoms with Crippen molar-refractivity contribution in [2.75, 3.05) is 0 Å². The molecule has 0 saturated heterocycles. The number of aromatic nitrogens is 5. The summed E-state index contributed by atoms with van der Waals surface area (Å²) in [4.78, 5) is 8.89. The van der Waals surface area contributed by atoms with Crippen LogP contribution >= 0.6 is 0 Å². The second-order valence-electron chi connectivity index (χ2n) is 4.41. The van der Waals surface area contributed by atoms with E-state index in [9.17, 15) is 0 Å². The van der Waals surface area contributed by atoms with Gasteiger partial charge in [0.1, 0.15) is 0 Å². The monoisotopic (exact) mass is 228 g/mol.